The molecular formula is C22H16O6. The predicted octanol–water partition coefficient (Wildman–Crippen LogP) is 3.87. The molecule has 6 nitrogen and oxygen atoms in total. The number of para-hydroxylation sites is 1. The van der Waals surface area contributed by atoms with E-state index in [0.717, 1.165) is 11.1 Å². The highest BCUT2D eigenvalue weighted by atomic mass is 16.5. The molecule has 0 saturated carbocycles. The van der Waals surface area contributed by atoms with Gasteiger partial charge >= 0.3 is 17.2 Å². The second-order valence-corrected chi connectivity index (χ2v) is 6.58. The maximum absolute atomic E-state index is 12.4. The second kappa shape index (κ2) is 6.81. The lowest BCUT2D eigenvalue weighted by Crippen LogP contribution is -2.16. The quantitative estimate of drug-likeness (QED) is 0.398. The van der Waals surface area contributed by atoms with E-state index in [2.05, 4.69) is 0 Å². The molecule has 4 aromatic rings. The van der Waals surface area contributed by atoms with Crippen molar-refractivity contribution in [2.75, 3.05) is 0 Å². The molecule has 0 aliphatic rings. The average Bonchev–Trinajstić information content (AvgIpc) is 2.66. The van der Waals surface area contributed by atoms with Crippen LogP contribution in [0.3, 0.4) is 0 Å². The Morgan fingerprint density at radius 1 is 0.929 bits per heavy atom. The van der Waals surface area contributed by atoms with E-state index in [4.69, 9.17) is 13.6 Å². The third-order valence-electron chi connectivity index (χ3n) is 4.66. The molecule has 0 fully saturated rings. The van der Waals surface area contributed by atoms with Crippen LogP contribution >= 0.6 is 0 Å². The van der Waals surface area contributed by atoms with E-state index in [1.54, 1.807) is 30.3 Å². The van der Waals surface area contributed by atoms with Gasteiger partial charge in [0.15, 0.2) is 0 Å². The molecule has 2 heterocycles. The van der Waals surface area contributed by atoms with Crippen molar-refractivity contribution >= 4 is 27.9 Å². The van der Waals surface area contributed by atoms with Gasteiger partial charge in [0.2, 0.25) is 0 Å². The lowest BCUT2D eigenvalue weighted by molar-refractivity contribution is 0.0469. The number of carbonyl (C=O) groups is 1. The van der Waals surface area contributed by atoms with E-state index in [1.807, 2.05) is 19.9 Å². The minimum absolute atomic E-state index is 0.171. The zero-order chi connectivity index (χ0) is 19.8. The first-order valence-electron chi connectivity index (χ1n) is 8.66. The Hall–Kier alpha value is -3.67. The van der Waals surface area contributed by atoms with E-state index in [0.29, 0.717) is 27.5 Å². The Morgan fingerprint density at radius 2 is 1.68 bits per heavy atom. The Labute approximate surface area is 159 Å². The number of hydrogen-bond donors (Lipinski definition) is 0. The van der Waals surface area contributed by atoms with Gasteiger partial charge < -0.3 is 13.6 Å². The summed E-state index contributed by atoms with van der Waals surface area (Å²) in [7, 11) is 0. The lowest BCUT2D eigenvalue weighted by Gasteiger charge is -2.09. The van der Waals surface area contributed by atoms with Crippen LogP contribution in [0.25, 0.3) is 21.9 Å². The number of hydrogen-bond acceptors (Lipinski definition) is 6. The van der Waals surface area contributed by atoms with Crippen LogP contribution in [0, 0.1) is 13.8 Å². The molecule has 2 aromatic carbocycles. The van der Waals surface area contributed by atoms with Crippen LogP contribution in [0.15, 0.2) is 67.0 Å². The van der Waals surface area contributed by atoms with Crippen molar-refractivity contribution in [2.24, 2.45) is 0 Å². The summed E-state index contributed by atoms with van der Waals surface area (Å²) in [6.45, 7) is 3.69. The highest BCUT2D eigenvalue weighted by molar-refractivity contribution is 5.93. The fourth-order valence-electron chi connectivity index (χ4n) is 3.03. The maximum Gasteiger partial charge on any atom is 0.351 e. The summed E-state index contributed by atoms with van der Waals surface area (Å²) in [5.41, 5.74) is 1.82. The highest BCUT2D eigenvalue weighted by Gasteiger charge is 2.16. The topological polar surface area (TPSA) is 86.7 Å². The molecule has 2 aromatic heterocycles. The van der Waals surface area contributed by atoms with Crippen LogP contribution in [0.5, 0.6) is 0 Å². The molecule has 0 spiro atoms. The molecule has 0 atom stereocenters. The summed E-state index contributed by atoms with van der Waals surface area (Å²) in [5, 5.41) is 1.30. The van der Waals surface area contributed by atoms with Gasteiger partial charge in [-0.05, 0) is 49.2 Å². The van der Waals surface area contributed by atoms with E-state index in [-0.39, 0.29) is 12.2 Å². The van der Waals surface area contributed by atoms with Crippen LogP contribution in [0.4, 0.5) is 0 Å². The normalized spacial score (nSPS) is 11.1. The van der Waals surface area contributed by atoms with Gasteiger partial charge in [0, 0.05) is 22.4 Å². The van der Waals surface area contributed by atoms with Gasteiger partial charge in [-0.1, -0.05) is 18.2 Å². The zero-order valence-electron chi connectivity index (χ0n) is 15.3. The number of fused-ring (bicyclic) bond motifs is 2. The summed E-state index contributed by atoms with van der Waals surface area (Å²) in [5.74, 6) is -0.815. The number of aryl methyl sites for hydroxylation is 2. The van der Waals surface area contributed by atoms with E-state index in [9.17, 15) is 14.4 Å². The van der Waals surface area contributed by atoms with Gasteiger partial charge in [-0.25, -0.2) is 14.4 Å². The van der Waals surface area contributed by atoms with Gasteiger partial charge in [-0.15, -0.1) is 0 Å². The van der Waals surface area contributed by atoms with E-state index in [1.165, 1.54) is 12.1 Å². The largest absolute Gasteiger partial charge is 0.457 e. The second-order valence-electron chi connectivity index (χ2n) is 6.58. The van der Waals surface area contributed by atoms with Gasteiger partial charge in [-0.2, -0.15) is 0 Å². The van der Waals surface area contributed by atoms with Crippen molar-refractivity contribution < 1.29 is 18.4 Å². The molecule has 0 radical (unpaired) electrons. The van der Waals surface area contributed by atoms with Gasteiger partial charge in [-0.3, -0.25) is 0 Å². The lowest BCUT2D eigenvalue weighted by atomic mass is 10.0. The number of ether oxygens (including phenoxy) is 1. The number of esters is 1. The smallest absolute Gasteiger partial charge is 0.351 e. The summed E-state index contributed by atoms with van der Waals surface area (Å²) in [6.07, 6.45) is 0. The monoisotopic (exact) mass is 376 g/mol. The average molecular weight is 376 g/mol. The SMILES string of the molecule is Cc1cc2oc(=O)cc(COC(=O)c3cc4ccccc4oc3=O)c2cc1C. The summed E-state index contributed by atoms with van der Waals surface area (Å²) >= 11 is 0. The first-order valence-corrected chi connectivity index (χ1v) is 8.66. The van der Waals surface area contributed by atoms with Gasteiger partial charge in [0.25, 0.3) is 0 Å². The Kier molecular flexibility index (Phi) is 4.31. The molecule has 0 bridgehead atoms. The van der Waals surface area contributed by atoms with Crippen LogP contribution in [-0.2, 0) is 11.3 Å². The maximum atomic E-state index is 12.4. The summed E-state index contributed by atoms with van der Waals surface area (Å²) in [6, 6.07) is 13.3. The van der Waals surface area contributed by atoms with Crippen molar-refractivity contribution in [3.63, 3.8) is 0 Å². The zero-order valence-corrected chi connectivity index (χ0v) is 15.3. The Bertz CT molecular complexity index is 1340. The molecule has 0 amide bonds. The standard InChI is InChI=1S/C22H16O6/c1-12-7-16-15(10-20(23)27-19(16)8-13(12)2)11-26-21(24)17-9-14-5-3-4-6-18(14)28-22(17)25/h3-10H,11H2,1-2H3. The van der Waals surface area contributed by atoms with Crippen LogP contribution in [0.2, 0.25) is 0 Å². The molecule has 28 heavy (non-hydrogen) atoms. The first-order chi connectivity index (χ1) is 13.4. The fraction of sp³-hybridized carbons (Fsp3) is 0.136. The number of rotatable bonds is 3. The van der Waals surface area contributed by atoms with Crippen molar-refractivity contribution in [3.05, 3.63) is 91.6 Å². The van der Waals surface area contributed by atoms with Crippen molar-refractivity contribution in [2.45, 2.75) is 20.5 Å². The summed E-state index contributed by atoms with van der Waals surface area (Å²) in [4.78, 5) is 36.4. The predicted molar refractivity (Wildman–Crippen MR) is 104 cm³/mol. The summed E-state index contributed by atoms with van der Waals surface area (Å²) < 4.78 is 15.7. The Morgan fingerprint density at radius 3 is 2.50 bits per heavy atom. The molecule has 4 rings (SSSR count). The molecule has 0 aliphatic heterocycles. The minimum atomic E-state index is -0.815. The molecule has 6 heteroatoms. The third kappa shape index (κ3) is 3.20. The van der Waals surface area contributed by atoms with Crippen molar-refractivity contribution in [3.8, 4) is 0 Å². The molecule has 140 valence electrons. The number of benzene rings is 2. The molecule has 0 unspecified atom stereocenters. The van der Waals surface area contributed by atoms with Crippen LogP contribution < -0.4 is 11.3 Å². The molecular weight excluding hydrogens is 360 g/mol. The Balaban J connectivity index is 1.67. The molecule has 0 aliphatic carbocycles. The van der Waals surface area contributed by atoms with Crippen molar-refractivity contribution in [1.29, 1.82) is 0 Å². The van der Waals surface area contributed by atoms with Gasteiger partial charge in [0.05, 0.1) is 0 Å². The van der Waals surface area contributed by atoms with Crippen LogP contribution in [0.1, 0.15) is 27.0 Å². The van der Waals surface area contributed by atoms with E-state index < -0.39 is 17.2 Å². The molecule has 0 N–H and O–H groups in total. The van der Waals surface area contributed by atoms with Crippen molar-refractivity contribution in [1.82, 2.24) is 0 Å². The highest BCUT2D eigenvalue weighted by Crippen LogP contribution is 2.22. The fourth-order valence-corrected chi connectivity index (χ4v) is 3.03. The first kappa shape index (κ1) is 17.7. The molecule has 0 saturated heterocycles. The van der Waals surface area contributed by atoms with Crippen LogP contribution in [-0.4, -0.2) is 5.97 Å². The number of carbonyl (C=O) groups excluding carboxylic acids is 1. The van der Waals surface area contributed by atoms with Gasteiger partial charge in [0.1, 0.15) is 23.3 Å². The van der Waals surface area contributed by atoms with E-state index >= 15 is 0 Å². The third-order valence-corrected chi connectivity index (χ3v) is 4.66. The minimum Gasteiger partial charge on any atom is -0.457 e.